The zero-order chi connectivity index (χ0) is 16.0. The van der Waals surface area contributed by atoms with Crippen LogP contribution in [0.1, 0.15) is 6.92 Å². The highest BCUT2D eigenvalue weighted by molar-refractivity contribution is 8.03. The Labute approximate surface area is 142 Å². The molecule has 2 heterocycles. The van der Waals surface area contributed by atoms with Crippen molar-refractivity contribution >= 4 is 40.3 Å². The number of aromatic amines is 1. The minimum absolute atomic E-state index is 0.0475. The number of amides is 1. The lowest BCUT2D eigenvalue weighted by atomic mass is 9.86. The van der Waals surface area contributed by atoms with E-state index in [0.29, 0.717) is 15.1 Å². The summed E-state index contributed by atoms with van der Waals surface area (Å²) in [5, 5.41) is 4.40. The molecule has 2 aliphatic rings. The first-order chi connectivity index (χ1) is 11.1. The van der Waals surface area contributed by atoms with Crippen LogP contribution in [0, 0.1) is 5.92 Å². The third-order valence-corrected chi connectivity index (χ3v) is 5.45. The number of hydrogen-bond acceptors (Lipinski definition) is 3. The molecule has 2 N–H and O–H groups in total. The fourth-order valence-electron chi connectivity index (χ4n) is 2.94. The number of carbonyl (C=O) groups is 1. The summed E-state index contributed by atoms with van der Waals surface area (Å²) in [6.07, 6.45) is 8.14. The van der Waals surface area contributed by atoms with Gasteiger partial charge in [-0.05, 0) is 42.5 Å². The maximum Gasteiger partial charge on any atom is 0.258 e. The molecule has 1 aliphatic heterocycles. The lowest BCUT2D eigenvalue weighted by Crippen LogP contribution is -2.44. The van der Waals surface area contributed by atoms with E-state index in [1.54, 1.807) is 6.07 Å². The van der Waals surface area contributed by atoms with Crippen molar-refractivity contribution in [1.29, 1.82) is 0 Å². The van der Waals surface area contributed by atoms with Crippen molar-refractivity contribution in [2.24, 2.45) is 5.92 Å². The van der Waals surface area contributed by atoms with E-state index in [1.165, 1.54) is 11.8 Å². The van der Waals surface area contributed by atoms with Crippen LogP contribution >= 0.6 is 23.4 Å². The van der Waals surface area contributed by atoms with Crippen LogP contribution in [0.3, 0.4) is 0 Å². The second-order valence-electron chi connectivity index (χ2n) is 5.61. The largest absolute Gasteiger partial charge is 0.344 e. The molecule has 0 fully saturated rings. The molecule has 6 heteroatoms. The maximum atomic E-state index is 12.4. The van der Waals surface area contributed by atoms with E-state index in [0.717, 1.165) is 16.6 Å². The predicted molar refractivity (Wildman–Crippen MR) is 93.4 cm³/mol. The number of hydrogen-bond donors (Lipinski definition) is 2. The van der Waals surface area contributed by atoms with Gasteiger partial charge in [-0.15, -0.1) is 0 Å². The van der Waals surface area contributed by atoms with E-state index in [2.05, 4.69) is 21.4 Å². The highest BCUT2D eigenvalue weighted by Crippen LogP contribution is 2.36. The molecule has 0 unspecified atom stereocenters. The predicted octanol–water partition coefficient (Wildman–Crippen LogP) is 3.82. The molecule has 1 amide bonds. The number of rotatable bonds is 2. The normalized spacial score (nSPS) is 23.3. The fourth-order valence-corrected chi connectivity index (χ4v) is 4.06. The van der Waals surface area contributed by atoms with Crippen LogP contribution in [0.15, 0.2) is 58.1 Å². The summed E-state index contributed by atoms with van der Waals surface area (Å²) >= 11 is 7.37. The van der Waals surface area contributed by atoms with Crippen molar-refractivity contribution in [2.75, 3.05) is 0 Å². The minimum Gasteiger partial charge on any atom is -0.344 e. The van der Waals surface area contributed by atoms with Crippen molar-refractivity contribution in [3.05, 3.63) is 58.0 Å². The molecule has 116 valence electrons. The highest BCUT2D eigenvalue weighted by atomic mass is 35.5. The van der Waals surface area contributed by atoms with Gasteiger partial charge >= 0.3 is 0 Å². The third kappa shape index (κ3) is 2.60. The monoisotopic (exact) mass is 343 g/mol. The molecule has 2 aromatic rings. The standard InChI is InChI=1S/C17H14ClN3OS/c1-9-11-4-2-3-5-12(11)19-16(22)15(9)23-17-20-13-7-6-10(18)8-14(13)21-17/h2-8,11-12H,1H3,(H,19,22)(H,20,21)/t11-,12+/m1/s1. The minimum atomic E-state index is -0.0489. The van der Waals surface area contributed by atoms with Gasteiger partial charge in [0.1, 0.15) is 0 Å². The van der Waals surface area contributed by atoms with Crippen LogP contribution in [-0.2, 0) is 4.79 Å². The molecule has 1 aromatic carbocycles. The Morgan fingerprint density at radius 2 is 2.09 bits per heavy atom. The molecule has 0 radical (unpaired) electrons. The summed E-state index contributed by atoms with van der Waals surface area (Å²) in [7, 11) is 0. The maximum absolute atomic E-state index is 12.4. The molecule has 23 heavy (non-hydrogen) atoms. The van der Waals surface area contributed by atoms with E-state index in [9.17, 15) is 4.79 Å². The first-order valence-corrected chi connectivity index (χ1v) is 8.51. The average molecular weight is 344 g/mol. The number of thioether (sulfide) groups is 1. The van der Waals surface area contributed by atoms with Gasteiger partial charge in [0.05, 0.1) is 22.0 Å². The number of H-pyrrole nitrogens is 1. The quantitative estimate of drug-likeness (QED) is 0.871. The number of halogens is 1. The topological polar surface area (TPSA) is 57.8 Å². The molecule has 0 saturated heterocycles. The number of aromatic nitrogens is 2. The summed E-state index contributed by atoms with van der Waals surface area (Å²) in [4.78, 5) is 20.9. The van der Waals surface area contributed by atoms with Gasteiger partial charge in [0.25, 0.3) is 5.91 Å². The van der Waals surface area contributed by atoms with Gasteiger partial charge in [0.2, 0.25) is 0 Å². The number of imidazole rings is 1. The average Bonchev–Trinajstić information content (AvgIpc) is 2.93. The molecular weight excluding hydrogens is 330 g/mol. The van der Waals surface area contributed by atoms with E-state index in [4.69, 9.17) is 11.6 Å². The number of allylic oxidation sites excluding steroid dienone is 2. The lowest BCUT2D eigenvalue weighted by molar-refractivity contribution is -0.117. The van der Waals surface area contributed by atoms with Crippen LogP contribution in [0.4, 0.5) is 0 Å². The zero-order valence-corrected chi connectivity index (χ0v) is 13.9. The molecule has 0 spiro atoms. The lowest BCUT2D eigenvalue weighted by Gasteiger charge is -2.32. The molecule has 4 nitrogen and oxygen atoms in total. The van der Waals surface area contributed by atoms with Crippen molar-refractivity contribution < 1.29 is 4.79 Å². The molecule has 2 atom stereocenters. The SMILES string of the molecule is CC1=C(Sc2nc3ccc(Cl)cc3[nH]2)C(=O)N[C@H]2C=CC=C[C@H]12. The van der Waals surface area contributed by atoms with E-state index < -0.39 is 0 Å². The second-order valence-corrected chi connectivity index (χ2v) is 7.05. The van der Waals surface area contributed by atoms with E-state index in [1.807, 2.05) is 37.3 Å². The summed E-state index contributed by atoms with van der Waals surface area (Å²) in [5.74, 6) is 0.159. The summed E-state index contributed by atoms with van der Waals surface area (Å²) in [6.45, 7) is 2.02. The van der Waals surface area contributed by atoms with Gasteiger partial charge in [-0.25, -0.2) is 4.98 Å². The number of nitrogens with one attached hydrogen (secondary N) is 2. The molecule has 4 rings (SSSR count). The molecular formula is C17H14ClN3OS. The second kappa shape index (κ2) is 5.58. The summed E-state index contributed by atoms with van der Waals surface area (Å²) < 4.78 is 0. The Morgan fingerprint density at radius 3 is 2.96 bits per heavy atom. The van der Waals surface area contributed by atoms with E-state index >= 15 is 0 Å². The number of benzene rings is 1. The molecule has 0 saturated carbocycles. The fraction of sp³-hybridized carbons (Fsp3) is 0.176. The molecule has 0 bridgehead atoms. The third-order valence-electron chi connectivity index (χ3n) is 4.12. The van der Waals surface area contributed by atoms with Gasteiger partial charge in [-0.2, -0.15) is 0 Å². The first kappa shape index (κ1) is 14.6. The smallest absolute Gasteiger partial charge is 0.258 e. The molecule has 1 aliphatic carbocycles. The summed E-state index contributed by atoms with van der Waals surface area (Å²) in [6, 6.07) is 5.55. The van der Waals surface area contributed by atoms with Gasteiger partial charge in [0, 0.05) is 10.9 Å². The highest BCUT2D eigenvalue weighted by Gasteiger charge is 2.32. The van der Waals surface area contributed by atoms with Crippen molar-refractivity contribution in [3.63, 3.8) is 0 Å². The van der Waals surface area contributed by atoms with Gasteiger partial charge < -0.3 is 10.3 Å². The van der Waals surface area contributed by atoms with Crippen LogP contribution in [0.2, 0.25) is 5.02 Å². The summed E-state index contributed by atoms with van der Waals surface area (Å²) in [5.41, 5.74) is 2.78. The Morgan fingerprint density at radius 1 is 1.26 bits per heavy atom. The Kier molecular flexibility index (Phi) is 3.54. The van der Waals surface area contributed by atoms with Crippen LogP contribution in [0.5, 0.6) is 0 Å². The van der Waals surface area contributed by atoms with Gasteiger partial charge in [-0.3, -0.25) is 4.79 Å². The van der Waals surface area contributed by atoms with Crippen molar-refractivity contribution in [2.45, 2.75) is 18.1 Å². The Hall–Kier alpha value is -1.98. The number of nitrogens with zero attached hydrogens (tertiary/aromatic N) is 1. The van der Waals surface area contributed by atoms with Crippen molar-refractivity contribution in [1.82, 2.24) is 15.3 Å². The Bertz CT molecular complexity index is 896. The van der Waals surface area contributed by atoms with Gasteiger partial charge in [-0.1, -0.05) is 35.9 Å². The zero-order valence-electron chi connectivity index (χ0n) is 12.3. The van der Waals surface area contributed by atoms with Gasteiger partial charge in [0.15, 0.2) is 5.16 Å². The van der Waals surface area contributed by atoms with Crippen LogP contribution in [0.25, 0.3) is 11.0 Å². The Balaban J connectivity index is 1.69. The molecule has 1 aromatic heterocycles. The number of carbonyl (C=O) groups excluding carboxylic acids is 1. The van der Waals surface area contributed by atoms with E-state index in [-0.39, 0.29) is 17.9 Å². The first-order valence-electron chi connectivity index (χ1n) is 7.31. The number of fused-ring (bicyclic) bond motifs is 2. The van der Waals surface area contributed by atoms with Crippen LogP contribution in [-0.4, -0.2) is 21.9 Å². The van der Waals surface area contributed by atoms with Crippen molar-refractivity contribution in [3.8, 4) is 0 Å². The van der Waals surface area contributed by atoms with Crippen LogP contribution < -0.4 is 5.32 Å².